The zero-order valence-corrected chi connectivity index (χ0v) is 17.1. The van der Waals surface area contributed by atoms with Crippen molar-refractivity contribution in [2.24, 2.45) is 5.10 Å². The van der Waals surface area contributed by atoms with E-state index in [0.717, 1.165) is 11.3 Å². The number of hydrazone groups is 1. The second-order valence-electron chi connectivity index (χ2n) is 5.49. The number of aromatic hydroxyl groups is 1. The number of rotatable bonds is 6. The molecule has 0 aliphatic carbocycles. The monoisotopic (exact) mass is 481 g/mol. The largest absolute Gasteiger partial charge is 0.506 e. The van der Waals surface area contributed by atoms with Crippen LogP contribution in [0.4, 0.5) is 5.69 Å². The lowest BCUT2D eigenvalue weighted by molar-refractivity contribution is -0.124. The van der Waals surface area contributed by atoms with Crippen LogP contribution in [0, 0.1) is 6.92 Å². The Labute approximate surface area is 167 Å². The van der Waals surface area contributed by atoms with Crippen LogP contribution in [-0.4, -0.2) is 23.1 Å². The molecule has 2 amide bonds. The first-order valence-electron chi connectivity index (χ1n) is 7.72. The smallest absolute Gasteiger partial charge is 0.240 e. The molecule has 136 valence electrons. The van der Waals surface area contributed by atoms with Gasteiger partial charge >= 0.3 is 0 Å². The lowest BCUT2D eigenvalue weighted by atomic mass is 10.2. The topological polar surface area (TPSA) is 90.8 Å². The van der Waals surface area contributed by atoms with Gasteiger partial charge in [-0.25, -0.2) is 5.43 Å². The van der Waals surface area contributed by atoms with Crippen LogP contribution in [0.2, 0.25) is 0 Å². The van der Waals surface area contributed by atoms with Gasteiger partial charge in [-0.15, -0.1) is 0 Å². The maximum absolute atomic E-state index is 11.9. The predicted octanol–water partition coefficient (Wildman–Crippen LogP) is 4.09. The van der Waals surface area contributed by atoms with E-state index in [1.165, 1.54) is 6.21 Å². The number of phenols is 1. The van der Waals surface area contributed by atoms with E-state index in [0.29, 0.717) is 14.5 Å². The highest BCUT2D eigenvalue weighted by molar-refractivity contribution is 9.11. The maximum Gasteiger partial charge on any atom is 0.240 e. The first-order valence-corrected chi connectivity index (χ1v) is 9.31. The van der Waals surface area contributed by atoms with Crippen molar-refractivity contribution in [3.05, 3.63) is 56.5 Å². The fraction of sp³-hybridized carbons (Fsp3) is 0.167. The molecule has 6 nitrogen and oxygen atoms in total. The van der Waals surface area contributed by atoms with Crippen LogP contribution < -0.4 is 10.7 Å². The molecule has 0 radical (unpaired) electrons. The van der Waals surface area contributed by atoms with E-state index < -0.39 is 0 Å². The zero-order valence-electron chi connectivity index (χ0n) is 13.9. The van der Waals surface area contributed by atoms with E-state index in [9.17, 15) is 14.7 Å². The molecule has 0 atom stereocenters. The molecular formula is C18H17Br2N3O3. The van der Waals surface area contributed by atoms with Gasteiger partial charge in [-0.3, -0.25) is 9.59 Å². The minimum atomic E-state index is -0.363. The average Bonchev–Trinajstić information content (AvgIpc) is 2.60. The molecule has 0 aliphatic rings. The molecule has 2 aromatic carbocycles. The normalized spacial score (nSPS) is 10.7. The molecule has 0 aromatic heterocycles. The molecular weight excluding hydrogens is 466 g/mol. The Morgan fingerprint density at radius 2 is 1.73 bits per heavy atom. The lowest BCUT2D eigenvalue weighted by Crippen LogP contribution is -2.20. The molecule has 0 saturated carbocycles. The third kappa shape index (κ3) is 5.96. The van der Waals surface area contributed by atoms with Crippen LogP contribution in [0.15, 0.2) is 50.4 Å². The third-order valence-corrected chi connectivity index (χ3v) is 4.65. The number of halogens is 2. The molecule has 0 heterocycles. The van der Waals surface area contributed by atoms with Crippen LogP contribution >= 0.6 is 31.9 Å². The fourth-order valence-electron chi connectivity index (χ4n) is 2.05. The van der Waals surface area contributed by atoms with Crippen molar-refractivity contribution >= 4 is 55.6 Å². The summed E-state index contributed by atoms with van der Waals surface area (Å²) >= 11 is 6.43. The SMILES string of the molecule is Cc1ccccc1NC(=O)CCC(=O)NN=Cc1cc(Br)c(O)c(Br)c1. The summed E-state index contributed by atoms with van der Waals surface area (Å²) in [7, 11) is 0. The molecule has 0 bridgehead atoms. The average molecular weight is 483 g/mol. The van der Waals surface area contributed by atoms with Gasteiger partial charge in [0.1, 0.15) is 5.75 Å². The number of para-hydroxylation sites is 1. The van der Waals surface area contributed by atoms with Crippen LogP contribution in [-0.2, 0) is 9.59 Å². The number of hydrogen-bond donors (Lipinski definition) is 3. The number of anilines is 1. The van der Waals surface area contributed by atoms with Crippen molar-refractivity contribution in [2.75, 3.05) is 5.32 Å². The highest BCUT2D eigenvalue weighted by Crippen LogP contribution is 2.32. The molecule has 0 unspecified atom stereocenters. The Morgan fingerprint density at radius 1 is 1.12 bits per heavy atom. The molecule has 26 heavy (non-hydrogen) atoms. The van der Waals surface area contributed by atoms with E-state index in [1.807, 2.05) is 31.2 Å². The van der Waals surface area contributed by atoms with Gasteiger partial charge in [0.15, 0.2) is 0 Å². The molecule has 3 N–H and O–H groups in total. The molecule has 0 saturated heterocycles. The second kappa shape index (κ2) is 9.49. The fourth-order valence-corrected chi connectivity index (χ4v) is 3.27. The summed E-state index contributed by atoms with van der Waals surface area (Å²) in [4.78, 5) is 23.7. The van der Waals surface area contributed by atoms with Crippen molar-refractivity contribution in [1.29, 1.82) is 0 Å². The van der Waals surface area contributed by atoms with Gasteiger partial charge in [-0.1, -0.05) is 18.2 Å². The third-order valence-electron chi connectivity index (χ3n) is 3.44. The van der Waals surface area contributed by atoms with Gasteiger partial charge in [-0.05, 0) is 68.1 Å². The van der Waals surface area contributed by atoms with Crippen molar-refractivity contribution in [1.82, 2.24) is 5.43 Å². The Kier molecular flexibility index (Phi) is 7.35. The Hall–Kier alpha value is -2.19. The standard InChI is InChI=1S/C18H17Br2N3O3/c1-11-4-2-3-5-15(11)22-16(24)6-7-17(25)23-21-10-12-8-13(19)18(26)14(20)9-12/h2-5,8-10,26H,6-7H2,1H3,(H,22,24)(H,23,25). The van der Waals surface area contributed by atoms with Crippen molar-refractivity contribution in [3.8, 4) is 5.75 Å². The first-order chi connectivity index (χ1) is 12.4. The lowest BCUT2D eigenvalue weighted by Gasteiger charge is -2.07. The van der Waals surface area contributed by atoms with E-state index >= 15 is 0 Å². The van der Waals surface area contributed by atoms with Crippen LogP contribution in [0.25, 0.3) is 0 Å². The molecule has 0 spiro atoms. The van der Waals surface area contributed by atoms with Gasteiger partial charge in [-0.2, -0.15) is 5.10 Å². The van der Waals surface area contributed by atoms with Crippen molar-refractivity contribution in [3.63, 3.8) is 0 Å². The summed E-state index contributed by atoms with van der Waals surface area (Å²) in [5.41, 5.74) is 4.75. The van der Waals surface area contributed by atoms with E-state index in [-0.39, 0.29) is 30.4 Å². The molecule has 8 heteroatoms. The van der Waals surface area contributed by atoms with Crippen molar-refractivity contribution < 1.29 is 14.7 Å². The zero-order chi connectivity index (χ0) is 19.1. The van der Waals surface area contributed by atoms with Crippen LogP contribution in [0.1, 0.15) is 24.0 Å². The highest BCUT2D eigenvalue weighted by Gasteiger charge is 2.08. The Morgan fingerprint density at radius 3 is 2.38 bits per heavy atom. The molecule has 0 aliphatic heterocycles. The second-order valence-corrected chi connectivity index (χ2v) is 7.20. The van der Waals surface area contributed by atoms with Crippen LogP contribution in [0.3, 0.4) is 0 Å². The predicted molar refractivity (Wildman–Crippen MR) is 108 cm³/mol. The number of carbonyl (C=O) groups is 2. The highest BCUT2D eigenvalue weighted by atomic mass is 79.9. The summed E-state index contributed by atoms with van der Waals surface area (Å²) in [6.07, 6.45) is 1.53. The summed E-state index contributed by atoms with van der Waals surface area (Å²) in [5.74, 6) is -0.506. The van der Waals surface area contributed by atoms with E-state index in [4.69, 9.17) is 0 Å². The minimum Gasteiger partial charge on any atom is -0.506 e. The number of aryl methyl sites for hydroxylation is 1. The van der Waals surface area contributed by atoms with E-state index in [2.05, 4.69) is 47.7 Å². The van der Waals surface area contributed by atoms with Gasteiger partial charge in [0.2, 0.25) is 11.8 Å². The summed E-state index contributed by atoms with van der Waals surface area (Å²) < 4.78 is 1.01. The molecule has 0 fully saturated rings. The Bertz CT molecular complexity index is 830. The summed E-state index contributed by atoms with van der Waals surface area (Å²) in [6.45, 7) is 1.90. The van der Waals surface area contributed by atoms with E-state index in [1.54, 1.807) is 12.1 Å². The van der Waals surface area contributed by atoms with Crippen molar-refractivity contribution in [2.45, 2.75) is 19.8 Å². The van der Waals surface area contributed by atoms with Gasteiger partial charge < -0.3 is 10.4 Å². The van der Waals surface area contributed by atoms with Gasteiger partial charge in [0.25, 0.3) is 0 Å². The molecule has 2 rings (SSSR count). The van der Waals surface area contributed by atoms with Gasteiger partial charge in [0, 0.05) is 18.5 Å². The maximum atomic E-state index is 11.9. The summed E-state index contributed by atoms with van der Waals surface area (Å²) in [6, 6.07) is 10.8. The minimum absolute atomic E-state index is 0.0258. The number of benzene rings is 2. The number of phenolic OH excluding ortho intramolecular Hbond substituents is 1. The summed E-state index contributed by atoms with van der Waals surface area (Å²) in [5, 5.41) is 16.3. The number of hydrogen-bond acceptors (Lipinski definition) is 4. The Balaban J connectivity index is 1.80. The number of amides is 2. The number of nitrogens with one attached hydrogen (secondary N) is 2. The number of carbonyl (C=O) groups excluding carboxylic acids is 2. The van der Waals surface area contributed by atoms with Crippen LogP contribution in [0.5, 0.6) is 5.75 Å². The quantitative estimate of drug-likeness (QED) is 0.427. The number of nitrogens with zero attached hydrogens (tertiary/aromatic N) is 1. The van der Waals surface area contributed by atoms with Gasteiger partial charge in [0.05, 0.1) is 15.2 Å². The molecule has 2 aromatic rings. The first kappa shape index (κ1) is 20.1.